The van der Waals surface area contributed by atoms with Gasteiger partial charge in [0.1, 0.15) is 5.54 Å². The Morgan fingerprint density at radius 1 is 1.20 bits per heavy atom. The monoisotopic (exact) mass is 364 g/mol. The second-order valence-electron chi connectivity index (χ2n) is 5.99. The topological polar surface area (TPSA) is 105 Å². The molecule has 1 unspecified atom stereocenters. The second kappa shape index (κ2) is 6.72. The van der Waals surface area contributed by atoms with E-state index in [4.69, 9.17) is 0 Å². The van der Waals surface area contributed by atoms with Gasteiger partial charge in [-0.1, -0.05) is 24.6 Å². The maximum Gasteiger partial charge on any atom is 0.329 e. The first-order valence-corrected chi connectivity index (χ1v) is 9.10. The quantitative estimate of drug-likeness (QED) is 0.816. The fraction of sp³-hybridized carbons (Fsp3) is 0.294. The zero-order chi connectivity index (χ0) is 18.8. The van der Waals surface area contributed by atoms with E-state index >= 15 is 0 Å². The molecule has 0 aliphatic carbocycles. The molecule has 1 aromatic heterocycles. The molecule has 0 radical (unpaired) electrons. The van der Waals surface area contributed by atoms with Crippen molar-refractivity contribution >= 4 is 21.9 Å². The fourth-order valence-electron chi connectivity index (χ4n) is 2.11. The van der Waals surface area contributed by atoms with Gasteiger partial charge in [-0.25, -0.2) is 17.2 Å². The minimum absolute atomic E-state index is 0.0663. The van der Waals surface area contributed by atoms with Crippen LogP contribution in [0, 0.1) is 6.92 Å². The summed E-state index contributed by atoms with van der Waals surface area (Å²) in [5.41, 5.74) is -0.426. The summed E-state index contributed by atoms with van der Waals surface area (Å²) in [6.45, 7) is 4.89. The van der Waals surface area contributed by atoms with Gasteiger partial charge >= 0.3 is 5.97 Å². The Morgan fingerprint density at radius 3 is 2.32 bits per heavy atom. The van der Waals surface area contributed by atoms with Crippen LogP contribution in [0.25, 0.3) is 0 Å². The summed E-state index contributed by atoms with van der Waals surface area (Å²) in [6, 6.07) is 7.68. The average molecular weight is 364 g/mol. The number of carboxylic acid groups (broad SMARTS) is 1. The molecule has 1 amide bonds. The highest BCUT2D eigenvalue weighted by molar-refractivity contribution is 7.90. The van der Waals surface area contributed by atoms with Gasteiger partial charge in [0.15, 0.2) is 0 Å². The molecule has 0 saturated heterocycles. The maximum atomic E-state index is 12.6. The molecule has 2 aromatic rings. The summed E-state index contributed by atoms with van der Waals surface area (Å²) in [4.78, 5) is 23.6. The molecule has 0 aliphatic heterocycles. The zero-order valence-corrected chi connectivity index (χ0v) is 15.0. The molecule has 2 N–H and O–H groups in total. The molecule has 2 rings (SSSR count). The van der Waals surface area contributed by atoms with E-state index in [-0.39, 0.29) is 16.9 Å². The molecule has 25 heavy (non-hydrogen) atoms. The van der Waals surface area contributed by atoms with E-state index in [9.17, 15) is 23.1 Å². The summed E-state index contributed by atoms with van der Waals surface area (Å²) in [5.74, 6) is -1.81. The Bertz CT molecular complexity index is 899. The van der Waals surface area contributed by atoms with Crippen molar-refractivity contribution < 1.29 is 23.1 Å². The van der Waals surface area contributed by atoms with Gasteiger partial charge in [0, 0.05) is 12.4 Å². The zero-order valence-electron chi connectivity index (χ0n) is 14.2. The van der Waals surface area contributed by atoms with E-state index < -0.39 is 27.4 Å². The van der Waals surface area contributed by atoms with Gasteiger partial charge in [0.05, 0.1) is 10.5 Å². The van der Waals surface area contributed by atoms with Crippen molar-refractivity contribution in [2.75, 3.05) is 0 Å². The maximum absolute atomic E-state index is 12.6. The van der Waals surface area contributed by atoms with Gasteiger partial charge in [-0.2, -0.15) is 0 Å². The van der Waals surface area contributed by atoms with Crippen LogP contribution < -0.4 is 5.32 Å². The number of rotatable bonds is 6. The number of carbonyl (C=O) groups is 2. The Morgan fingerprint density at radius 2 is 1.80 bits per heavy atom. The third kappa shape index (κ3) is 3.74. The van der Waals surface area contributed by atoms with E-state index in [1.807, 2.05) is 6.92 Å². The minimum Gasteiger partial charge on any atom is -0.480 e. The van der Waals surface area contributed by atoms with Gasteiger partial charge in [-0.05, 0) is 38.5 Å². The summed E-state index contributed by atoms with van der Waals surface area (Å²) >= 11 is 0. The molecule has 134 valence electrons. The van der Waals surface area contributed by atoms with Crippen LogP contribution in [0.4, 0.5) is 0 Å². The van der Waals surface area contributed by atoms with Gasteiger partial charge in [0.2, 0.25) is 0 Å². The van der Waals surface area contributed by atoms with Crippen molar-refractivity contribution in [1.29, 1.82) is 0 Å². The third-order valence-electron chi connectivity index (χ3n) is 4.09. The highest BCUT2D eigenvalue weighted by Gasteiger charge is 2.33. The molecule has 7 nitrogen and oxygen atoms in total. The summed E-state index contributed by atoms with van der Waals surface area (Å²) in [6.07, 6.45) is 2.62. The standard InChI is InChI=1S/C17H20N2O5S/c1-4-17(3,16(21)22)18-15(20)13-9-10-19(11-13)25(23,24)14-7-5-12(2)6-8-14/h5-11H,4H2,1-3H3,(H,18,20)(H,21,22). The highest BCUT2D eigenvalue weighted by atomic mass is 32.2. The Kier molecular flexibility index (Phi) is 5.03. The second-order valence-corrected chi connectivity index (χ2v) is 7.84. The van der Waals surface area contributed by atoms with Gasteiger partial charge in [-0.15, -0.1) is 0 Å². The normalized spacial score (nSPS) is 13.9. The predicted octanol–water partition coefficient (Wildman–Crippen LogP) is 2.02. The molecule has 1 aromatic carbocycles. The smallest absolute Gasteiger partial charge is 0.329 e. The van der Waals surface area contributed by atoms with Gasteiger partial charge < -0.3 is 10.4 Å². The predicted molar refractivity (Wildman–Crippen MR) is 92.0 cm³/mol. The fourth-order valence-corrected chi connectivity index (χ4v) is 3.31. The molecule has 8 heteroatoms. The number of hydrogen-bond donors (Lipinski definition) is 2. The lowest BCUT2D eigenvalue weighted by Crippen LogP contribution is -2.51. The van der Waals surface area contributed by atoms with E-state index in [1.165, 1.54) is 37.5 Å². The molecule has 1 heterocycles. The molecule has 0 spiro atoms. The Labute approximate surface area is 146 Å². The number of nitrogens with zero attached hydrogens (tertiary/aromatic N) is 1. The Balaban J connectivity index is 2.29. The lowest BCUT2D eigenvalue weighted by molar-refractivity contribution is -0.143. The highest BCUT2D eigenvalue weighted by Crippen LogP contribution is 2.17. The van der Waals surface area contributed by atoms with Crippen molar-refractivity contribution in [3.63, 3.8) is 0 Å². The SMILES string of the molecule is CCC(C)(NC(=O)c1ccn(S(=O)(=O)c2ccc(C)cc2)c1)C(=O)O. The number of aryl methyl sites for hydroxylation is 1. The third-order valence-corrected chi connectivity index (χ3v) is 5.74. The molecule has 1 atom stereocenters. The molecular weight excluding hydrogens is 344 g/mol. The Hall–Kier alpha value is -2.61. The summed E-state index contributed by atoms with van der Waals surface area (Å²) < 4.78 is 26.1. The molecule has 0 aliphatic rings. The van der Waals surface area contributed by atoms with Crippen LogP contribution in [-0.4, -0.2) is 34.9 Å². The lowest BCUT2D eigenvalue weighted by Gasteiger charge is -2.24. The van der Waals surface area contributed by atoms with Gasteiger partial charge in [0.25, 0.3) is 15.9 Å². The minimum atomic E-state index is -3.81. The number of nitrogens with one attached hydrogen (secondary N) is 1. The van der Waals surface area contributed by atoms with E-state index in [2.05, 4.69) is 5.32 Å². The average Bonchev–Trinajstić information content (AvgIpc) is 3.06. The first-order valence-electron chi connectivity index (χ1n) is 7.66. The lowest BCUT2D eigenvalue weighted by atomic mass is 9.99. The number of carboxylic acids is 1. The van der Waals surface area contributed by atoms with Gasteiger partial charge in [-0.3, -0.25) is 4.79 Å². The number of amides is 1. The van der Waals surface area contributed by atoms with Crippen LogP contribution in [0.5, 0.6) is 0 Å². The molecule has 0 bridgehead atoms. The van der Waals surface area contributed by atoms with E-state index in [0.717, 1.165) is 9.54 Å². The van der Waals surface area contributed by atoms with Crippen LogP contribution in [0.3, 0.4) is 0 Å². The first-order chi connectivity index (χ1) is 11.6. The van der Waals surface area contributed by atoms with Crippen LogP contribution in [0.2, 0.25) is 0 Å². The van der Waals surface area contributed by atoms with Crippen LogP contribution in [-0.2, 0) is 14.8 Å². The van der Waals surface area contributed by atoms with Crippen LogP contribution in [0.1, 0.15) is 36.2 Å². The number of benzene rings is 1. The summed E-state index contributed by atoms with van der Waals surface area (Å²) in [7, 11) is -3.81. The van der Waals surface area contributed by atoms with E-state index in [0.29, 0.717) is 0 Å². The number of aliphatic carboxylic acids is 1. The van der Waals surface area contributed by atoms with Crippen molar-refractivity contribution in [2.24, 2.45) is 0 Å². The van der Waals surface area contributed by atoms with Crippen molar-refractivity contribution in [2.45, 2.75) is 37.6 Å². The number of hydrogen-bond acceptors (Lipinski definition) is 4. The largest absolute Gasteiger partial charge is 0.480 e. The van der Waals surface area contributed by atoms with Crippen LogP contribution >= 0.6 is 0 Å². The van der Waals surface area contributed by atoms with Crippen molar-refractivity contribution in [3.8, 4) is 0 Å². The molecule has 0 saturated carbocycles. The molecule has 0 fully saturated rings. The number of carbonyl (C=O) groups excluding carboxylic acids is 1. The van der Waals surface area contributed by atoms with Crippen molar-refractivity contribution in [3.05, 3.63) is 53.9 Å². The molecular formula is C17H20N2O5S. The van der Waals surface area contributed by atoms with Crippen molar-refractivity contribution in [1.82, 2.24) is 9.29 Å². The van der Waals surface area contributed by atoms with Crippen LogP contribution in [0.15, 0.2) is 47.6 Å². The number of aromatic nitrogens is 1. The first kappa shape index (κ1) is 18.7. The van der Waals surface area contributed by atoms with E-state index in [1.54, 1.807) is 19.1 Å². The summed E-state index contributed by atoms with van der Waals surface area (Å²) in [5, 5.41) is 11.6.